The van der Waals surface area contributed by atoms with Crippen molar-refractivity contribution in [3.8, 4) is 10.4 Å². The van der Waals surface area contributed by atoms with Crippen molar-refractivity contribution in [2.75, 3.05) is 6.54 Å². The molecule has 0 spiro atoms. The van der Waals surface area contributed by atoms with Crippen LogP contribution in [-0.2, 0) is 0 Å². The number of hydrogen-bond acceptors (Lipinski definition) is 5. The molecule has 3 aromatic heterocycles. The van der Waals surface area contributed by atoms with Crippen molar-refractivity contribution in [3.05, 3.63) is 43.7 Å². The predicted molar refractivity (Wildman–Crippen MR) is 83.8 cm³/mol. The Labute approximate surface area is 122 Å². The van der Waals surface area contributed by atoms with Crippen LogP contribution in [0.1, 0.15) is 13.0 Å². The Balaban J connectivity index is 2.38. The Morgan fingerprint density at radius 3 is 2.85 bits per heavy atom. The molecule has 0 saturated carbocycles. The van der Waals surface area contributed by atoms with Crippen molar-refractivity contribution in [2.24, 2.45) is 5.73 Å². The highest BCUT2D eigenvalue weighted by atomic mass is 32.1. The molecule has 0 fully saturated rings. The molecule has 0 aliphatic heterocycles. The first-order valence-corrected chi connectivity index (χ1v) is 7.89. The first kappa shape index (κ1) is 13.3. The topological polar surface area (TPSA) is 80.9 Å². The third kappa shape index (κ3) is 1.94. The molecule has 0 saturated heterocycles. The molecule has 104 valence electrons. The van der Waals surface area contributed by atoms with Crippen LogP contribution in [0.15, 0.2) is 32.5 Å². The van der Waals surface area contributed by atoms with Crippen LogP contribution in [0.3, 0.4) is 0 Å². The van der Waals surface area contributed by atoms with Crippen LogP contribution >= 0.6 is 22.7 Å². The number of nitrogens with zero attached hydrogens (tertiary/aromatic N) is 1. The van der Waals surface area contributed by atoms with Crippen molar-refractivity contribution in [1.29, 1.82) is 0 Å². The smallest absolute Gasteiger partial charge is 0.328 e. The molecule has 1 atom stereocenters. The lowest BCUT2D eigenvalue weighted by molar-refractivity contribution is 0.519. The average Bonchev–Trinajstić information content (AvgIpc) is 3.06. The van der Waals surface area contributed by atoms with Crippen molar-refractivity contribution in [3.63, 3.8) is 0 Å². The van der Waals surface area contributed by atoms with E-state index in [0.717, 1.165) is 10.4 Å². The number of nitrogens with one attached hydrogen (secondary N) is 1. The Bertz CT molecular complexity index is 858. The Hall–Kier alpha value is -1.70. The molecule has 0 aliphatic rings. The number of fused-ring (bicyclic) bond motifs is 1. The second-order valence-corrected chi connectivity index (χ2v) is 6.35. The van der Waals surface area contributed by atoms with E-state index in [1.807, 2.05) is 22.9 Å². The van der Waals surface area contributed by atoms with Gasteiger partial charge in [0.1, 0.15) is 4.83 Å². The van der Waals surface area contributed by atoms with E-state index in [9.17, 15) is 9.59 Å². The van der Waals surface area contributed by atoms with Gasteiger partial charge in [-0.25, -0.2) is 4.79 Å². The fraction of sp³-hybridized carbons (Fsp3) is 0.231. The van der Waals surface area contributed by atoms with E-state index in [1.54, 1.807) is 18.3 Å². The lowest BCUT2D eigenvalue weighted by atomic mass is 10.2. The fourth-order valence-corrected chi connectivity index (χ4v) is 3.92. The van der Waals surface area contributed by atoms with Gasteiger partial charge < -0.3 is 5.73 Å². The molecule has 7 heteroatoms. The van der Waals surface area contributed by atoms with Gasteiger partial charge in [0.15, 0.2) is 0 Å². The van der Waals surface area contributed by atoms with E-state index in [1.165, 1.54) is 15.9 Å². The standard InChI is InChI=1S/C13H13N3O2S2/c1-7(5-14)16-12(17)10-8(9-3-2-4-19-9)6-20-11(10)15-13(16)18/h2-4,6-7H,5,14H2,1H3,(H,15,18). The monoisotopic (exact) mass is 307 g/mol. The maximum atomic E-state index is 12.6. The SMILES string of the molecule is CC(CN)n1c(=O)[nH]c2scc(-c3cccs3)c2c1=O. The Morgan fingerprint density at radius 2 is 2.20 bits per heavy atom. The van der Waals surface area contributed by atoms with Crippen LogP contribution in [0, 0.1) is 0 Å². The normalized spacial score (nSPS) is 12.9. The summed E-state index contributed by atoms with van der Waals surface area (Å²) in [6.45, 7) is 2.01. The van der Waals surface area contributed by atoms with Gasteiger partial charge in [0.2, 0.25) is 0 Å². The molecule has 3 heterocycles. The van der Waals surface area contributed by atoms with Gasteiger partial charge in [-0.3, -0.25) is 14.3 Å². The van der Waals surface area contributed by atoms with Gasteiger partial charge >= 0.3 is 5.69 Å². The van der Waals surface area contributed by atoms with E-state index in [2.05, 4.69) is 4.98 Å². The zero-order chi connectivity index (χ0) is 14.3. The number of H-pyrrole nitrogens is 1. The van der Waals surface area contributed by atoms with Gasteiger partial charge in [0.05, 0.1) is 11.4 Å². The summed E-state index contributed by atoms with van der Waals surface area (Å²) >= 11 is 2.95. The summed E-state index contributed by atoms with van der Waals surface area (Å²) in [5, 5.41) is 4.44. The second kappa shape index (κ2) is 5.01. The third-order valence-corrected chi connectivity index (χ3v) is 5.03. The first-order valence-electron chi connectivity index (χ1n) is 6.13. The van der Waals surface area contributed by atoms with Gasteiger partial charge in [0.25, 0.3) is 5.56 Å². The number of aromatic amines is 1. The summed E-state index contributed by atoms with van der Waals surface area (Å²) in [6.07, 6.45) is 0. The summed E-state index contributed by atoms with van der Waals surface area (Å²) in [5.74, 6) is 0. The number of aromatic nitrogens is 2. The van der Waals surface area contributed by atoms with Gasteiger partial charge in [-0.05, 0) is 18.4 Å². The molecule has 0 bridgehead atoms. The molecule has 1 unspecified atom stereocenters. The van der Waals surface area contributed by atoms with Crippen LogP contribution in [0.5, 0.6) is 0 Å². The number of thiophene rings is 2. The third-order valence-electron chi connectivity index (χ3n) is 3.23. The molecular formula is C13H13N3O2S2. The van der Waals surface area contributed by atoms with Gasteiger partial charge in [-0.1, -0.05) is 6.07 Å². The summed E-state index contributed by atoms with van der Waals surface area (Å²) in [5.41, 5.74) is 5.79. The first-order chi connectivity index (χ1) is 9.63. The van der Waals surface area contributed by atoms with Crippen molar-refractivity contribution >= 4 is 32.9 Å². The van der Waals surface area contributed by atoms with E-state index < -0.39 is 5.69 Å². The van der Waals surface area contributed by atoms with Crippen LogP contribution in [0.4, 0.5) is 0 Å². The van der Waals surface area contributed by atoms with E-state index in [4.69, 9.17) is 5.73 Å². The molecular weight excluding hydrogens is 294 g/mol. The van der Waals surface area contributed by atoms with Crippen molar-refractivity contribution < 1.29 is 0 Å². The van der Waals surface area contributed by atoms with Crippen LogP contribution < -0.4 is 17.0 Å². The quantitative estimate of drug-likeness (QED) is 0.776. The molecule has 20 heavy (non-hydrogen) atoms. The second-order valence-electron chi connectivity index (χ2n) is 4.52. The summed E-state index contributed by atoms with van der Waals surface area (Å²) < 4.78 is 1.20. The van der Waals surface area contributed by atoms with Gasteiger partial charge in [-0.15, -0.1) is 22.7 Å². The zero-order valence-electron chi connectivity index (χ0n) is 10.8. The van der Waals surface area contributed by atoms with E-state index in [0.29, 0.717) is 10.2 Å². The lowest BCUT2D eigenvalue weighted by Gasteiger charge is -2.11. The lowest BCUT2D eigenvalue weighted by Crippen LogP contribution is -2.39. The molecule has 3 rings (SSSR count). The van der Waals surface area contributed by atoms with Crippen LogP contribution in [-0.4, -0.2) is 16.1 Å². The molecule has 5 nitrogen and oxygen atoms in total. The molecule has 0 amide bonds. The highest BCUT2D eigenvalue weighted by Gasteiger charge is 2.17. The van der Waals surface area contributed by atoms with Crippen molar-refractivity contribution in [2.45, 2.75) is 13.0 Å². The van der Waals surface area contributed by atoms with Gasteiger partial charge in [-0.2, -0.15) is 0 Å². The fourth-order valence-electron chi connectivity index (χ4n) is 2.15. The zero-order valence-corrected chi connectivity index (χ0v) is 12.4. The minimum absolute atomic E-state index is 0.243. The summed E-state index contributed by atoms with van der Waals surface area (Å²) in [6, 6.07) is 3.58. The molecule has 0 aromatic carbocycles. The highest BCUT2D eigenvalue weighted by Crippen LogP contribution is 2.33. The summed E-state index contributed by atoms with van der Waals surface area (Å²) in [4.78, 5) is 29.0. The maximum Gasteiger partial charge on any atom is 0.329 e. The maximum absolute atomic E-state index is 12.6. The molecule has 3 aromatic rings. The van der Waals surface area contributed by atoms with Gasteiger partial charge in [0, 0.05) is 22.4 Å². The highest BCUT2D eigenvalue weighted by molar-refractivity contribution is 7.18. The number of rotatable bonds is 3. The van der Waals surface area contributed by atoms with E-state index in [-0.39, 0.29) is 18.1 Å². The summed E-state index contributed by atoms with van der Waals surface area (Å²) in [7, 11) is 0. The average molecular weight is 307 g/mol. The Morgan fingerprint density at radius 1 is 1.40 bits per heavy atom. The Kier molecular flexibility index (Phi) is 3.33. The van der Waals surface area contributed by atoms with Crippen LogP contribution in [0.25, 0.3) is 20.7 Å². The van der Waals surface area contributed by atoms with E-state index >= 15 is 0 Å². The minimum atomic E-state index is -0.403. The number of nitrogens with two attached hydrogens (primary N) is 1. The van der Waals surface area contributed by atoms with Crippen molar-refractivity contribution in [1.82, 2.24) is 9.55 Å². The molecule has 3 N–H and O–H groups in total. The number of hydrogen-bond donors (Lipinski definition) is 2. The minimum Gasteiger partial charge on any atom is -0.328 e. The predicted octanol–water partition coefficient (Wildman–Crippen LogP) is 2.00. The van der Waals surface area contributed by atoms with Crippen LogP contribution in [0.2, 0.25) is 0 Å². The molecule has 0 radical (unpaired) electrons. The molecule has 0 aliphatic carbocycles. The largest absolute Gasteiger partial charge is 0.329 e.